The minimum Gasteiger partial charge on any atom is -0.475 e. The van der Waals surface area contributed by atoms with Gasteiger partial charge >= 0.3 is 5.97 Å². The van der Waals surface area contributed by atoms with E-state index in [9.17, 15) is 18.0 Å². The Hall–Kier alpha value is -3.21. The van der Waals surface area contributed by atoms with Gasteiger partial charge in [0.2, 0.25) is 22.0 Å². The summed E-state index contributed by atoms with van der Waals surface area (Å²) in [6.07, 6.45) is -1.02. The van der Waals surface area contributed by atoms with Gasteiger partial charge in [-0.2, -0.15) is 4.31 Å². The van der Waals surface area contributed by atoms with E-state index in [-0.39, 0.29) is 18.0 Å². The van der Waals surface area contributed by atoms with Crippen molar-refractivity contribution in [2.24, 2.45) is 0 Å². The van der Waals surface area contributed by atoms with Crippen molar-refractivity contribution in [1.29, 1.82) is 0 Å². The lowest BCUT2D eigenvalue weighted by atomic mass is 10.2. The molecule has 3 aromatic carbocycles. The van der Waals surface area contributed by atoms with Crippen LogP contribution in [0.15, 0.2) is 88.2 Å². The van der Waals surface area contributed by atoms with Gasteiger partial charge in [-0.3, -0.25) is 4.79 Å². The Morgan fingerprint density at radius 2 is 1.69 bits per heavy atom. The quantitative estimate of drug-likeness (QED) is 0.411. The van der Waals surface area contributed by atoms with Crippen molar-refractivity contribution >= 4 is 43.5 Å². The average Bonchev–Trinajstić information content (AvgIpc) is 2.88. The molecule has 3 aromatic rings. The smallest absolute Gasteiger partial charge is 0.348 e. The van der Waals surface area contributed by atoms with Gasteiger partial charge < -0.3 is 14.4 Å². The van der Waals surface area contributed by atoms with Crippen molar-refractivity contribution in [2.75, 3.05) is 25.1 Å². The van der Waals surface area contributed by atoms with Crippen LogP contribution in [0.2, 0.25) is 0 Å². The van der Waals surface area contributed by atoms with Crippen LogP contribution in [0.25, 0.3) is 0 Å². The zero-order chi connectivity index (χ0) is 25.0. The van der Waals surface area contributed by atoms with Gasteiger partial charge in [-0.15, -0.1) is 0 Å². The molecule has 10 heteroatoms. The Labute approximate surface area is 212 Å². The monoisotopic (exact) mass is 558 g/mol. The van der Waals surface area contributed by atoms with Crippen LogP contribution in [-0.4, -0.2) is 50.9 Å². The second-order valence-electron chi connectivity index (χ2n) is 7.81. The topological polar surface area (TPSA) is 93.2 Å². The lowest BCUT2D eigenvalue weighted by Crippen LogP contribution is -2.50. The number of methoxy groups -OCH3 is 1. The minimum atomic E-state index is -4.02. The highest BCUT2D eigenvalue weighted by Crippen LogP contribution is 2.34. The third kappa shape index (κ3) is 5.55. The number of amides is 1. The first-order chi connectivity index (χ1) is 16.8. The molecule has 1 atom stereocenters. The van der Waals surface area contributed by atoms with Gasteiger partial charge in [0.15, 0.2) is 0 Å². The predicted molar refractivity (Wildman–Crippen MR) is 133 cm³/mol. The first kappa shape index (κ1) is 24.9. The molecule has 1 aliphatic heterocycles. The maximum atomic E-state index is 13.6. The van der Waals surface area contributed by atoms with Crippen LogP contribution in [0.4, 0.5) is 5.69 Å². The molecule has 0 aliphatic carbocycles. The van der Waals surface area contributed by atoms with Gasteiger partial charge in [-0.25, -0.2) is 13.2 Å². The number of esters is 1. The summed E-state index contributed by atoms with van der Waals surface area (Å²) in [5.41, 5.74) is 1.19. The highest BCUT2D eigenvalue weighted by molar-refractivity contribution is 9.10. The average molecular weight is 559 g/mol. The van der Waals surface area contributed by atoms with Crippen LogP contribution < -0.4 is 9.64 Å². The standard InChI is InChI=1S/C25H23BrN2O6S/c1-33-25(30)23-16-28(21-9-5-6-10-22(21)34-23)24(29)17-27(15-18-7-3-2-4-8-18)35(31,32)20-13-11-19(26)12-14-20/h2-14,23H,15-17H2,1H3. The number of fused-ring (bicyclic) bond motifs is 1. The van der Waals surface area contributed by atoms with Crippen molar-refractivity contribution in [1.82, 2.24) is 4.31 Å². The number of nitrogens with zero attached hydrogens (tertiary/aromatic N) is 2. The number of halogens is 1. The van der Waals surface area contributed by atoms with E-state index in [1.54, 1.807) is 60.7 Å². The van der Waals surface area contributed by atoms with Gasteiger partial charge in [0.1, 0.15) is 5.75 Å². The molecule has 0 saturated heterocycles. The molecule has 0 aromatic heterocycles. The van der Waals surface area contributed by atoms with E-state index in [1.807, 2.05) is 6.07 Å². The number of anilines is 1. The summed E-state index contributed by atoms with van der Waals surface area (Å²) < 4.78 is 39.5. The fourth-order valence-electron chi connectivity index (χ4n) is 3.73. The highest BCUT2D eigenvalue weighted by atomic mass is 79.9. The van der Waals surface area contributed by atoms with E-state index in [1.165, 1.54) is 24.1 Å². The molecule has 4 rings (SSSR count). The zero-order valence-corrected chi connectivity index (χ0v) is 21.2. The van der Waals surface area contributed by atoms with E-state index < -0.39 is 34.5 Å². The molecule has 0 bridgehead atoms. The fourth-order valence-corrected chi connectivity index (χ4v) is 5.37. The summed E-state index contributed by atoms with van der Waals surface area (Å²) in [6.45, 7) is -0.535. The lowest BCUT2D eigenvalue weighted by molar-refractivity contribution is -0.148. The summed E-state index contributed by atoms with van der Waals surface area (Å²) in [6, 6.07) is 22.1. The Morgan fingerprint density at radius 1 is 1.03 bits per heavy atom. The number of carbonyl (C=O) groups is 2. The molecule has 0 fully saturated rings. The molecule has 1 amide bonds. The van der Waals surface area contributed by atoms with E-state index in [0.717, 1.165) is 14.3 Å². The lowest BCUT2D eigenvalue weighted by Gasteiger charge is -2.34. The van der Waals surface area contributed by atoms with Crippen LogP contribution in [0.1, 0.15) is 5.56 Å². The van der Waals surface area contributed by atoms with Gasteiger partial charge in [0, 0.05) is 11.0 Å². The second kappa shape index (κ2) is 10.6. The van der Waals surface area contributed by atoms with Crippen LogP contribution in [0, 0.1) is 0 Å². The van der Waals surface area contributed by atoms with Crippen molar-refractivity contribution in [2.45, 2.75) is 17.5 Å². The molecular weight excluding hydrogens is 536 g/mol. The van der Waals surface area contributed by atoms with Crippen LogP contribution >= 0.6 is 15.9 Å². The molecule has 0 radical (unpaired) electrons. The largest absolute Gasteiger partial charge is 0.475 e. The fraction of sp³-hybridized carbons (Fsp3) is 0.200. The van der Waals surface area contributed by atoms with E-state index in [2.05, 4.69) is 15.9 Å². The van der Waals surface area contributed by atoms with Gasteiger partial charge in [-0.1, -0.05) is 58.4 Å². The van der Waals surface area contributed by atoms with Crippen molar-refractivity contribution in [3.63, 3.8) is 0 Å². The normalized spacial score (nSPS) is 15.3. The Kier molecular flexibility index (Phi) is 7.54. The summed E-state index contributed by atoms with van der Waals surface area (Å²) in [4.78, 5) is 27.2. The van der Waals surface area contributed by atoms with Crippen molar-refractivity contribution in [3.05, 3.63) is 88.9 Å². The molecule has 1 heterocycles. The maximum absolute atomic E-state index is 13.6. The Balaban J connectivity index is 1.67. The second-order valence-corrected chi connectivity index (χ2v) is 10.7. The third-order valence-electron chi connectivity index (χ3n) is 5.50. The van der Waals surface area contributed by atoms with Crippen molar-refractivity contribution < 1.29 is 27.5 Å². The highest BCUT2D eigenvalue weighted by Gasteiger charge is 2.36. The number of rotatable bonds is 7. The molecule has 182 valence electrons. The van der Waals surface area contributed by atoms with E-state index >= 15 is 0 Å². The zero-order valence-electron chi connectivity index (χ0n) is 18.8. The van der Waals surface area contributed by atoms with E-state index in [0.29, 0.717) is 11.4 Å². The first-order valence-electron chi connectivity index (χ1n) is 10.7. The van der Waals surface area contributed by atoms with E-state index in [4.69, 9.17) is 9.47 Å². The molecule has 35 heavy (non-hydrogen) atoms. The number of para-hydroxylation sites is 2. The predicted octanol–water partition coefficient (Wildman–Crippen LogP) is 3.61. The third-order valence-corrected chi connectivity index (χ3v) is 7.84. The van der Waals surface area contributed by atoms with Crippen LogP contribution in [0.5, 0.6) is 5.75 Å². The summed E-state index contributed by atoms with van der Waals surface area (Å²) in [7, 11) is -2.78. The molecule has 0 saturated carbocycles. The van der Waals surface area contributed by atoms with Crippen LogP contribution in [0.3, 0.4) is 0 Å². The minimum absolute atomic E-state index is 0.00258. The number of hydrogen-bond acceptors (Lipinski definition) is 6. The van der Waals surface area contributed by atoms with Gasteiger partial charge in [-0.05, 0) is 42.0 Å². The Bertz CT molecular complexity index is 1320. The number of hydrogen-bond donors (Lipinski definition) is 0. The maximum Gasteiger partial charge on any atom is 0.348 e. The first-order valence-corrected chi connectivity index (χ1v) is 13.0. The molecule has 8 nitrogen and oxygen atoms in total. The molecular formula is C25H23BrN2O6S. The SMILES string of the molecule is COC(=O)C1CN(C(=O)CN(Cc2ccccc2)S(=O)(=O)c2ccc(Br)cc2)c2ccccc2O1. The molecule has 1 aliphatic rings. The molecule has 0 N–H and O–H groups in total. The van der Waals surface area contributed by atoms with Crippen LogP contribution in [-0.2, 0) is 30.9 Å². The number of benzene rings is 3. The van der Waals surface area contributed by atoms with Gasteiger partial charge in [0.25, 0.3) is 0 Å². The number of ether oxygens (including phenoxy) is 2. The van der Waals surface area contributed by atoms with Gasteiger partial charge in [0.05, 0.1) is 30.8 Å². The molecule has 0 spiro atoms. The summed E-state index contributed by atoms with van der Waals surface area (Å²) >= 11 is 3.32. The Morgan fingerprint density at radius 3 is 2.37 bits per heavy atom. The number of carbonyl (C=O) groups excluding carboxylic acids is 2. The molecule has 1 unspecified atom stereocenters. The summed E-state index contributed by atoms with van der Waals surface area (Å²) in [5.74, 6) is -0.778. The summed E-state index contributed by atoms with van der Waals surface area (Å²) in [5, 5.41) is 0. The number of sulfonamides is 1. The van der Waals surface area contributed by atoms with Crippen molar-refractivity contribution in [3.8, 4) is 5.75 Å².